The van der Waals surface area contributed by atoms with Gasteiger partial charge in [0.05, 0.1) is 5.69 Å². The topological polar surface area (TPSA) is 50.9 Å². The van der Waals surface area contributed by atoms with E-state index < -0.39 is 0 Å². The second-order valence-electron chi connectivity index (χ2n) is 4.48. The molecule has 0 spiro atoms. The normalized spacial score (nSPS) is 19.1. The Morgan fingerprint density at radius 1 is 1.47 bits per heavy atom. The number of hydrogen-bond acceptors (Lipinski definition) is 3. The highest BCUT2D eigenvalue weighted by molar-refractivity contribution is 9.10. The monoisotopic (exact) mass is 269 g/mol. The minimum absolute atomic E-state index is 0.176. The van der Waals surface area contributed by atoms with E-state index in [9.17, 15) is 0 Å². The number of rotatable bonds is 2. The summed E-state index contributed by atoms with van der Waals surface area (Å²) in [7, 11) is 0. The van der Waals surface area contributed by atoms with E-state index in [4.69, 9.17) is 5.73 Å². The molecule has 4 heteroatoms. The average molecular weight is 270 g/mol. The van der Waals surface area contributed by atoms with Gasteiger partial charge in [-0.2, -0.15) is 0 Å². The highest BCUT2D eigenvalue weighted by atomic mass is 79.9. The Bertz CT molecular complexity index is 359. The van der Waals surface area contributed by atoms with Gasteiger partial charge in [-0.3, -0.25) is 0 Å². The second kappa shape index (κ2) is 4.00. The summed E-state index contributed by atoms with van der Waals surface area (Å²) in [6, 6.07) is 1.88. The van der Waals surface area contributed by atoms with Gasteiger partial charge >= 0.3 is 0 Å². The minimum Gasteiger partial charge on any atom is -0.396 e. The molecule has 0 atom stereocenters. The Balaban J connectivity index is 2.16. The maximum absolute atomic E-state index is 5.90. The van der Waals surface area contributed by atoms with Crippen molar-refractivity contribution >= 4 is 27.4 Å². The Hall–Kier alpha value is -0.770. The lowest BCUT2D eigenvalue weighted by atomic mass is 10.0. The lowest BCUT2D eigenvalue weighted by molar-refractivity contribution is 0.531. The van der Waals surface area contributed by atoms with E-state index in [0.29, 0.717) is 5.69 Å². The van der Waals surface area contributed by atoms with Crippen LogP contribution in [0.15, 0.2) is 16.7 Å². The molecule has 0 radical (unpaired) electrons. The standard InChI is InChI=1S/C11H16BrN3/c1-11(4-2-3-5-11)15-10-9(13)6-8(12)7-14-10/h6-7H,2-5,13H2,1H3,(H,14,15). The SMILES string of the molecule is CC1(Nc2ncc(Br)cc2N)CCCC1. The molecule has 3 N–H and O–H groups in total. The van der Waals surface area contributed by atoms with Gasteiger partial charge in [-0.25, -0.2) is 4.98 Å². The molecule has 0 aromatic carbocycles. The van der Waals surface area contributed by atoms with Gasteiger partial charge < -0.3 is 11.1 Å². The number of nitrogens with one attached hydrogen (secondary N) is 1. The molecular weight excluding hydrogens is 254 g/mol. The zero-order valence-electron chi connectivity index (χ0n) is 8.89. The van der Waals surface area contributed by atoms with Crippen LogP contribution in [0.2, 0.25) is 0 Å². The number of nitrogens with zero attached hydrogens (tertiary/aromatic N) is 1. The predicted octanol–water partition coefficient (Wildman–Crippen LogP) is 3.17. The summed E-state index contributed by atoms with van der Waals surface area (Å²) in [5, 5.41) is 3.46. The van der Waals surface area contributed by atoms with E-state index in [1.165, 1.54) is 25.7 Å². The molecule has 1 aromatic rings. The average Bonchev–Trinajstić information content (AvgIpc) is 2.58. The van der Waals surface area contributed by atoms with Crippen LogP contribution in [0.1, 0.15) is 32.6 Å². The fraction of sp³-hybridized carbons (Fsp3) is 0.545. The first kappa shape index (κ1) is 10.7. The van der Waals surface area contributed by atoms with Crippen LogP contribution in [0.3, 0.4) is 0 Å². The third-order valence-electron chi connectivity index (χ3n) is 3.01. The van der Waals surface area contributed by atoms with Crippen LogP contribution in [-0.4, -0.2) is 10.5 Å². The van der Waals surface area contributed by atoms with E-state index >= 15 is 0 Å². The Kier molecular flexibility index (Phi) is 2.87. The number of pyridine rings is 1. The summed E-state index contributed by atoms with van der Waals surface area (Å²) in [5.74, 6) is 0.808. The molecule has 0 amide bonds. The number of anilines is 2. The van der Waals surface area contributed by atoms with Gasteiger partial charge in [0.1, 0.15) is 5.82 Å². The summed E-state index contributed by atoms with van der Waals surface area (Å²) >= 11 is 3.35. The first-order valence-electron chi connectivity index (χ1n) is 5.28. The summed E-state index contributed by atoms with van der Waals surface area (Å²) < 4.78 is 0.919. The lowest BCUT2D eigenvalue weighted by Crippen LogP contribution is -2.31. The van der Waals surface area contributed by atoms with Crippen LogP contribution < -0.4 is 11.1 Å². The Morgan fingerprint density at radius 3 is 2.73 bits per heavy atom. The van der Waals surface area contributed by atoms with Crippen LogP contribution >= 0.6 is 15.9 Å². The Morgan fingerprint density at radius 2 is 2.13 bits per heavy atom. The second-order valence-corrected chi connectivity index (χ2v) is 5.40. The highest BCUT2D eigenvalue weighted by Gasteiger charge is 2.29. The molecule has 82 valence electrons. The summed E-state index contributed by atoms with van der Waals surface area (Å²) in [4.78, 5) is 4.30. The maximum Gasteiger partial charge on any atom is 0.149 e. The van der Waals surface area contributed by atoms with E-state index in [1.54, 1.807) is 6.20 Å². The third kappa shape index (κ3) is 2.43. The number of halogens is 1. The van der Waals surface area contributed by atoms with Crippen molar-refractivity contribution in [3.63, 3.8) is 0 Å². The molecule has 1 aliphatic carbocycles. The first-order chi connectivity index (χ1) is 7.09. The lowest BCUT2D eigenvalue weighted by Gasteiger charge is -2.26. The van der Waals surface area contributed by atoms with Crippen molar-refractivity contribution in [2.24, 2.45) is 0 Å². The highest BCUT2D eigenvalue weighted by Crippen LogP contribution is 2.33. The Labute approximate surface area is 98.6 Å². The number of nitrogen functional groups attached to an aromatic ring is 1. The van der Waals surface area contributed by atoms with Crippen LogP contribution in [0.5, 0.6) is 0 Å². The quantitative estimate of drug-likeness (QED) is 0.867. The van der Waals surface area contributed by atoms with E-state index in [-0.39, 0.29) is 5.54 Å². The molecule has 0 saturated heterocycles. The molecule has 3 nitrogen and oxygen atoms in total. The maximum atomic E-state index is 5.90. The minimum atomic E-state index is 0.176. The third-order valence-corrected chi connectivity index (χ3v) is 3.44. The van der Waals surface area contributed by atoms with Crippen LogP contribution in [0.25, 0.3) is 0 Å². The molecule has 0 bridgehead atoms. The van der Waals surface area contributed by atoms with Crippen molar-refractivity contribution in [3.8, 4) is 0 Å². The van der Waals surface area contributed by atoms with Crippen LogP contribution in [0, 0.1) is 0 Å². The van der Waals surface area contributed by atoms with Gasteiger partial charge in [0.15, 0.2) is 0 Å². The number of hydrogen-bond donors (Lipinski definition) is 2. The van der Waals surface area contributed by atoms with Crippen molar-refractivity contribution in [2.75, 3.05) is 11.1 Å². The van der Waals surface area contributed by atoms with Crippen molar-refractivity contribution < 1.29 is 0 Å². The predicted molar refractivity (Wildman–Crippen MR) is 66.8 cm³/mol. The molecule has 15 heavy (non-hydrogen) atoms. The van der Waals surface area contributed by atoms with Crippen molar-refractivity contribution in [2.45, 2.75) is 38.1 Å². The van der Waals surface area contributed by atoms with E-state index in [2.05, 4.69) is 33.2 Å². The van der Waals surface area contributed by atoms with Crippen molar-refractivity contribution in [1.29, 1.82) is 0 Å². The zero-order valence-corrected chi connectivity index (χ0v) is 10.5. The van der Waals surface area contributed by atoms with Gasteiger partial charge in [-0.1, -0.05) is 12.8 Å². The molecule has 1 aromatic heterocycles. The smallest absolute Gasteiger partial charge is 0.149 e. The van der Waals surface area contributed by atoms with Gasteiger partial charge in [-0.05, 0) is 41.8 Å². The summed E-state index contributed by atoms with van der Waals surface area (Å²) in [6.45, 7) is 2.24. The molecule has 1 saturated carbocycles. The van der Waals surface area contributed by atoms with Crippen LogP contribution in [-0.2, 0) is 0 Å². The van der Waals surface area contributed by atoms with Gasteiger partial charge in [0.2, 0.25) is 0 Å². The van der Waals surface area contributed by atoms with Crippen molar-refractivity contribution in [1.82, 2.24) is 4.98 Å². The molecular formula is C11H16BrN3. The number of nitrogens with two attached hydrogens (primary N) is 1. The molecule has 0 aliphatic heterocycles. The van der Waals surface area contributed by atoms with Gasteiger partial charge in [0, 0.05) is 16.2 Å². The summed E-state index contributed by atoms with van der Waals surface area (Å²) in [5.41, 5.74) is 6.78. The molecule has 1 heterocycles. The molecule has 1 aliphatic rings. The summed E-state index contributed by atoms with van der Waals surface area (Å²) in [6.07, 6.45) is 6.76. The first-order valence-corrected chi connectivity index (χ1v) is 6.08. The fourth-order valence-electron chi connectivity index (χ4n) is 2.13. The van der Waals surface area contributed by atoms with E-state index in [1.807, 2.05) is 6.07 Å². The zero-order chi connectivity index (χ0) is 10.9. The van der Waals surface area contributed by atoms with E-state index in [0.717, 1.165) is 10.3 Å². The number of aromatic nitrogens is 1. The van der Waals surface area contributed by atoms with Gasteiger partial charge in [-0.15, -0.1) is 0 Å². The van der Waals surface area contributed by atoms with Crippen LogP contribution in [0.4, 0.5) is 11.5 Å². The van der Waals surface area contributed by atoms with Crippen molar-refractivity contribution in [3.05, 3.63) is 16.7 Å². The molecule has 0 unspecified atom stereocenters. The van der Waals surface area contributed by atoms with Gasteiger partial charge in [0.25, 0.3) is 0 Å². The fourth-order valence-corrected chi connectivity index (χ4v) is 2.47. The molecule has 1 fully saturated rings. The molecule has 2 rings (SSSR count). The largest absolute Gasteiger partial charge is 0.396 e.